The first-order valence-corrected chi connectivity index (χ1v) is 6.88. The predicted molar refractivity (Wildman–Crippen MR) is 79.6 cm³/mol. The molecule has 0 atom stereocenters. The Morgan fingerprint density at radius 2 is 2.17 bits per heavy atom. The second-order valence-corrected chi connectivity index (χ2v) is 4.60. The van der Waals surface area contributed by atoms with Crippen molar-refractivity contribution in [1.82, 2.24) is 14.9 Å². The highest BCUT2D eigenvalue weighted by molar-refractivity contribution is 7.71. The van der Waals surface area contributed by atoms with Gasteiger partial charge >= 0.3 is 6.18 Å². The minimum atomic E-state index is -4.68. The topological polar surface area (TPSA) is 64.4 Å². The number of hydrogen-bond acceptors (Lipinski definition) is 5. The van der Waals surface area contributed by atoms with Gasteiger partial charge in [0.1, 0.15) is 0 Å². The molecule has 0 amide bonds. The van der Waals surface area contributed by atoms with Crippen molar-refractivity contribution < 1.29 is 22.6 Å². The molecule has 0 saturated carbocycles. The first-order chi connectivity index (χ1) is 10.9. The molecule has 2 rings (SSSR count). The van der Waals surface area contributed by atoms with Gasteiger partial charge < -0.3 is 9.47 Å². The van der Waals surface area contributed by atoms with Gasteiger partial charge in [-0.2, -0.15) is 22.9 Å². The lowest BCUT2D eigenvalue weighted by Gasteiger charge is -2.11. The summed E-state index contributed by atoms with van der Waals surface area (Å²) >= 11 is 4.76. The molecule has 124 valence electrons. The number of rotatable bonds is 5. The highest BCUT2D eigenvalue weighted by atomic mass is 32.1. The molecule has 23 heavy (non-hydrogen) atoms. The van der Waals surface area contributed by atoms with Crippen LogP contribution in [0.4, 0.5) is 13.2 Å². The zero-order valence-electron chi connectivity index (χ0n) is 12.2. The third-order valence-electron chi connectivity index (χ3n) is 2.73. The first-order valence-electron chi connectivity index (χ1n) is 6.47. The van der Waals surface area contributed by atoms with Gasteiger partial charge in [0.05, 0.1) is 19.9 Å². The summed E-state index contributed by atoms with van der Waals surface area (Å²) in [5.41, 5.74) is 0.440. The minimum absolute atomic E-state index is 0.270. The molecule has 0 spiro atoms. The molecule has 6 nitrogen and oxygen atoms in total. The van der Waals surface area contributed by atoms with E-state index in [0.29, 0.717) is 28.3 Å². The Labute approximate surface area is 134 Å². The van der Waals surface area contributed by atoms with E-state index in [2.05, 4.69) is 15.3 Å². The Morgan fingerprint density at radius 3 is 2.78 bits per heavy atom. The maximum atomic E-state index is 12.8. The molecule has 0 unspecified atom stereocenters. The standard InChI is InChI=1S/C13H13F3N4O2S/c1-3-22-9-6-4-5-8(10(9)21-2)7-17-20-11(13(14,15)16)18-19-12(20)23/h4-7H,3H2,1-2H3,(H,19,23)/b17-7-. The fourth-order valence-corrected chi connectivity index (χ4v) is 2.00. The largest absolute Gasteiger partial charge is 0.492 e. The monoisotopic (exact) mass is 346 g/mol. The van der Waals surface area contributed by atoms with Gasteiger partial charge in [-0.25, -0.2) is 5.10 Å². The Hall–Kier alpha value is -2.36. The number of methoxy groups -OCH3 is 1. The highest BCUT2D eigenvalue weighted by Gasteiger charge is 2.37. The van der Waals surface area contributed by atoms with Gasteiger partial charge in [0.2, 0.25) is 4.77 Å². The molecular formula is C13H13F3N4O2S. The maximum absolute atomic E-state index is 12.8. The molecule has 1 aromatic carbocycles. The van der Waals surface area contributed by atoms with Gasteiger partial charge in [-0.05, 0) is 31.3 Å². The van der Waals surface area contributed by atoms with E-state index in [0.717, 1.165) is 0 Å². The van der Waals surface area contributed by atoms with Crippen LogP contribution in [0.3, 0.4) is 0 Å². The lowest BCUT2D eigenvalue weighted by Crippen LogP contribution is -2.13. The van der Waals surface area contributed by atoms with E-state index in [1.807, 2.05) is 0 Å². The number of nitrogens with zero attached hydrogens (tertiary/aromatic N) is 3. The van der Waals surface area contributed by atoms with Crippen LogP contribution in [-0.4, -0.2) is 34.8 Å². The Morgan fingerprint density at radius 1 is 1.43 bits per heavy atom. The van der Waals surface area contributed by atoms with Crippen LogP contribution in [0.25, 0.3) is 0 Å². The summed E-state index contributed by atoms with van der Waals surface area (Å²) in [6.07, 6.45) is -3.48. The summed E-state index contributed by atoms with van der Waals surface area (Å²) in [4.78, 5) is 0. The molecule has 0 fully saturated rings. The van der Waals surface area contributed by atoms with E-state index >= 15 is 0 Å². The van der Waals surface area contributed by atoms with E-state index in [1.54, 1.807) is 25.1 Å². The van der Waals surface area contributed by atoms with Gasteiger partial charge in [0, 0.05) is 5.56 Å². The number of H-pyrrole nitrogens is 1. The summed E-state index contributed by atoms with van der Waals surface area (Å²) in [5.74, 6) is -0.411. The van der Waals surface area contributed by atoms with Crippen molar-refractivity contribution in [2.75, 3.05) is 13.7 Å². The molecule has 0 aliphatic carbocycles. The van der Waals surface area contributed by atoms with Crippen molar-refractivity contribution in [3.05, 3.63) is 34.4 Å². The second kappa shape index (κ2) is 6.82. The first kappa shape index (κ1) is 17.0. The van der Waals surface area contributed by atoms with Gasteiger partial charge in [-0.15, -0.1) is 5.10 Å². The average molecular weight is 346 g/mol. The number of benzene rings is 1. The molecule has 0 bridgehead atoms. The van der Waals surface area contributed by atoms with Gasteiger partial charge in [0.15, 0.2) is 11.5 Å². The molecule has 1 aromatic heterocycles. The summed E-state index contributed by atoms with van der Waals surface area (Å²) in [6, 6.07) is 4.99. The van der Waals surface area contributed by atoms with Crippen LogP contribution in [0, 0.1) is 4.77 Å². The number of para-hydroxylation sites is 1. The average Bonchev–Trinajstić information content (AvgIpc) is 2.86. The van der Waals surface area contributed by atoms with Crippen molar-refractivity contribution in [3.63, 3.8) is 0 Å². The minimum Gasteiger partial charge on any atom is -0.492 e. The third kappa shape index (κ3) is 3.70. The van der Waals surface area contributed by atoms with Crippen LogP contribution >= 0.6 is 12.2 Å². The van der Waals surface area contributed by atoms with Gasteiger partial charge in [-0.3, -0.25) is 0 Å². The lowest BCUT2D eigenvalue weighted by atomic mass is 10.2. The number of halogens is 3. The van der Waals surface area contributed by atoms with E-state index in [9.17, 15) is 13.2 Å². The maximum Gasteiger partial charge on any atom is 0.453 e. The van der Waals surface area contributed by atoms with Gasteiger partial charge in [-0.1, -0.05) is 6.07 Å². The summed E-state index contributed by atoms with van der Waals surface area (Å²) < 4.78 is 49.3. The fraction of sp³-hybridized carbons (Fsp3) is 0.308. The van der Waals surface area contributed by atoms with Crippen LogP contribution in [0.5, 0.6) is 11.5 Å². The Bertz CT molecular complexity index is 767. The molecule has 0 saturated heterocycles. The van der Waals surface area contributed by atoms with E-state index in [4.69, 9.17) is 21.7 Å². The Balaban J connectivity index is 2.44. The van der Waals surface area contributed by atoms with Gasteiger partial charge in [0.25, 0.3) is 5.82 Å². The Kier molecular flexibility index (Phi) is 5.04. The molecule has 2 aromatic rings. The van der Waals surface area contributed by atoms with E-state index < -0.39 is 12.0 Å². The predicted octanol–water partition coefficient (Wildman–Crippen LogP) is 3.25. The van der Waals surface area contributed by atoms with Crippen LogP contribution in [0.15, 0.2) is 23.3 Å². The lowest BCUT2D eigenvalue weighted by molar-refractivity contribution is -0.147. The van der Waals surface area contributed by atoms with Crippen molar-refractivity contribution in [1.29, 1.82) is 0 Å². The van der Waals surface area contributed by atoms with Crippen molar-refractivity contribution in [3.8, 4) is 11.5 Å². The third-order valence-corrected chi connectivity index (χ3v) is 2.99. The number of nitrogens with one attached hydrogen (secondary N) is 1. The molecule has 1 heterocycles. The molecule has 0 radical (unpaired) electrons. The smallest absolute Gasteiger partial charge is 0.453 e. The fourth-order valence-electron chi connectivity index (χ4n) is 1.82. The summed E-state index contributed by atoms with van der Waals surface area (Å²) in [6.45, 7) is 2.22. The summed E-state index contributed by atoms with van der Waals surface area (Å²) in [5, 5.41) is 8.96. The molecule has 1 N–H and O–H groups in total. The van der Waals surface area contributed by atoms with Crippen LogP contribution in [-0.2, 0) is 6.18 Å². The quantitative estimate of drug-likeness (QED) is 0.667. The number of aromatic amines is 1. The zero-order chi connectivity index (χ0) is 17.0. The van der Waals surface area contributed by atoms with Crippen LogP contribution in [0.1, 0.15) is 18.3 Å². The van der Waals surface area contributed by atoms with Crippen LogP contribution < -0.4 is 9.47 Å². The number of ether oxygens (including phenoxy) is 2. The second-order valence-electron chi connectivity index (χ2n) is 4.22. The summed E-state index contributed by atoms with van der Waals surface area (Å²) in [7, 11) is 1.43. The van der Waals surface area contributed by atoms with E-state index in [-0.39, 0.29) is 4.77 Å². The van der Waals surface area contributed by atoms with Crippen molar-refractivity contribution in [2.24, 2.45) is 5.10 Å². The molecular weight excluding hydrogens is 333 g/mol. The normalized spacial score (nSPS) is 11.9. The molecule has 0 aliphatic rings. The highest BCUT2D eigenvalue weighted by Crippen LogP contribution is 2.30. The number of aromatic nitrogens is 3. The van der Waals surface area contributed by atoms with E-state index in [1.165, 1.54) is 13.3 Å². The zero-order valence-corrected chi connectivity index (χ0v) is 13.0. The van der Waals surface area contributed by atoms with Crippen molar-refractivity contribution in [2.45, 2.75) is 13.1 Å². The number of alkyl halides is 3. The molecule has 0 aliphatic heterocycles. The number of hydrogen-bond donors (Lipinski definition) is 1. The van der Waals surface area contributed by atoms with Crippen molar-refractivity contribution >= 4 is 18.4 Å². The SMILES string of the molecule is CCOc1cccc(/C=N\n2c(C(F)(F)F)n[nH]c2=S)c1OC. The molecule has 10 heteroatoms. The van der Waals surface area contributed by atoms with Crippen LogP contribution in [0.2, 0.25) is 0 Å².